The second-order valence-corrected chi connectivity index (χ2v) is 7.48. The normalized spacial score (nSPS) is 22.0. The van der Waals surface area contributed by atoms with Crippen LogP contribution < -0.4 is 5.32 Å². The van der Waals surface area contributed by atoms with Crippen LogP contribution in [0.2, 0.25) is 0 Å². The Morgan fingerprint density at radius 1 is 1.32 bits per heavy atom. The highest BCUT2D eigenvalue weighted by molar-refractivity contribution is 7.99. The van der Waals surface area contributed by atoms with Crippen LogP contribution in [0.5, 0.6) is 0 Å². The van der Waals surface area contributed by atoms with Gasteiger partial charge in [0.1, 0.15) is 5.69 Å². The summed E-state index contributed by atoms with van der Waals surface area (Å²) in [5.41, 5.74) is 4.22. The average Bonchev–Trinajstić information content (AvgIpc) is 2.96. The number of fused-ring (bicyclic) bond motifs is 1. The summed E-state index contributed by atoms with van der Waals surface area (Å²) in [5, 5.41) is 5.05. The molecular weight excluding hydrogens is 292 g/mol. The van der Waals surface area contributed by atoms with Gasteiger partial charge in [-0.2, -0.15) is 11.8 Å². The summed E-state index contributed by atoms with van der Waals surface area (Å²) in [6.45, 7) is 4.21. The van der Waals surface area contributed by atoms with Crippen LogP contribution in [0.25, 0.3) is 10.9 Å². The van der Waals surface area contributed by atoms with Crippen molar-refractivity contribution in [1.29, 1.82) is 0 Å². The van der Waals surface area contributed by atoms with Crippen LogP contribution >= 0.6 is 11.8 Å². The van der Waals surface area contributed by atoms with Crippen molar-refractivity contribution in [2.24, 2.45) is 0 Å². The van der Waals surface area contributed by atoms with E-state index in [0.717, 1.165) is 23.7 Å². The molecule has 0 bridgehead atoms. The molecule has 0 aliphatic heterocycles. The highest BCUT2D eigenvalue weighted by Crippen LogP contribution is 2.27. The Labute approximate surface area is 136 Å². The lowest BCUT2D eigenvalue weighted by atomic mass is 9.95. The van der Waals surface area contributed by atoms with Crippen LogP contribution in [0.1, 0.15) is 47.3 Å². The van der Waals surface area contributed by atoms with Gasteiger partial charge in [0.15, 0.2) is 0 Å². The van der Waals surface area contributed by atoms with E-state index in [1.165, 1.54) is 24.0 Å². The maximum atomic E-state index is 12.5. The van der Waals surface area contributed by atoms with Gasteiger partial charge >= 0.3 is 0 Å². The molecule has 1 amide bonds. The zero-order valence-corrected chi connectivity index (χ0v) is 14.3. The summed E-state index contributed by atoms with van der Waals surface area (Å²) in [7, 11) is 0. The Morgan fingerprint density at radius 3 is 2.91 bits per heavy atom. The number of thioether (sulfide) groups is 1. The molecule has 1 aliphatic rings. The first kappa shape index (κ1) is 15.5. The van der Waals surface area contributed by atoms with Gasteiger partial charge in [0.2, 0.25) is 0 Å². The van der Waals surface area contributed by atoms with Gasteiger partial charge in [-0.3, -0.25) is 4.79 Å². The summed E-state index contributed by atoms with van der Waals surface area (Å²) in [4.78, 5) is 15.8. The maximum absolute atomic E-state index is 12.5. The molecule has 3 nitrogen and oxygen atoms in total. The van der Waals surface area contributed by atoms with Gasteiger partial charge in [-0.15, -0.1) is 0 Å². The van der Waals surface area contributed by atoms with E-state index in [2.05, 4.69) is 42.5 Å². The fraction of sp³-hybridized carbons (Fsp3) is 0.500. The molecule has 0 radical (unpaired) electrons. The highest BCUT2D eigenvalue weighted by atomic mass is 32.2. The van der Waals surface area contributed by atoms with E-state index in [4.69, 9.17) is 0 Å². The number of rotatable bonds is 3. The summed E-state index contributed by atoms with van der Waals surface area (Å²) in [6.07, 6.45) is 6.84. The summed E-state index contributed by atoms with van der Waals surface area (Å²) in [6, 6.07) is 6.45. The van der Waals surface area contributed by atoms with E-state index in [1.807, 2.05) is 17.8 Å². The molecular formula is C18H24N2OS. The van der Waals surface area contributed by atoms with Crippen LogP contribution in [-0.2, 0) is 0 Å². The first-order valence-corrected chi connectivity index (χ1v) is 9.30. The van der Waals surface area contributed by atoms with E-state index in [-0.39, 0.29) is 5.91 Å². The molecule has 1 fully saturated rings. The second kappa shape index (κ2) is 6.37. The fourth-order valence-electron chi connectivity index (χ4n) is 3.33. The van der Waals surface area contributed by atoms with Crippen LogP contribution in [0.4, 0.5) is 0 Å². The van der Waals surface area contributed by atoms with Gasteiger partial charge in [0, 0.05) is 22.2 Å². The average molecular weight is 316 g/mol. The third-order valence-electron chi connectivity index (χ3n) is 4.88. The zero-order valence-electron chi connectivity index (χ0n) is 13.5. The van der Waals surface area contributed by atoms with Crippen molar-refractivity contribution in [3.8, 4) is 0 Å². The zero-order chi connectivity index (χ0) is 15.7. The van der Waals surface area contributed by atoms with E-state index in [1.54, 1.807) is 0 Å². The lowest BCUT2D eigenvalue weighted by Gasteiger charge is -2.28. The third kappa shape index (κ3) is 3.02. The Bertz CT molecular complexity index is 692. The molecule has 1 heterocycles. The largest absolute Gasteiger partial charge is 0.351 e. The molecule has 4 heteroatoms. The number of carbonyl (C=O) groups is 1. The number of aromatic nitrogens is 1. The monoisotopic (exact) mass is 316 g/mol. The van der Waals surface area contributed by atoms with E-state index >= 15 is 0 Å². The topological polar surface area (TPSA) is 44.9 Å². The van der Waals surface area contributed by atoms with Gasteiger partial charge in [-0.05, 0) is 62.6 Å². The second-order valence-electron chi connectivity index (χ2n) is 6.35. The van der Waals surface area contributed by atoms with Crippen molar-refractivity contribution >= 4 is 28.6 Å². The van der Waals surface area contributed by atoms with Crippen molar-refractivity contribution in [3.05, 3.63) is 35.0 Å². The number of nitrogens with one attached hydrogen (secondary N) is 2. The predicted octanol–water partition coefficient (Wildman–Crippen LogP) is 4.19. The third-order valence-corrected chi connectivity index (χ3v) is 5.98. The van der Waals surface area contributed by atoms with Crippen molar-refractivity contribution in [2.75, 3.05) is 6.26 Å². The van der Waals surface area contributed by atoms with Gasteiger partial charge in [0.25, 0.3) is 5.91 Å². The molecule has 3 rings (SSSR count). The van der Waals surface area contributed by atoms with Crippen LogP contribution in [0.15, 0.2) is 18.2 Å². The van der Waals surface area contributed by atoms with E-state index in [9.17, 15) is 4.79 Å². The molecule has 2 aromatic rings. The predicted molar refractivity (Wildman–Crippen MR) is 94.8 cm³/mol. The van der Waals surface area contributed by atoms with Gasteiger partial charge in [0.05, 0.1) is 0 Å². The summed E-state index contributed by atoms with van der Waals surface area (Å²) < 4.78 is 0. The van der Waals surface area contributed by atoms with Crippen LogP contribution in [-0.4, -0.2) is 28.4 Å². The number of benzene rings is 1. The Kier molecular flexibility index (Phi) is 4.48. The molecule has 118 valence electrons. The molecule has 0 saturated heterocycles. The lowest BCUT2D eigenvalue weighted by Crippen LogP contribution is -2.39. The molecule has 2 atom stereocenters. The number of aryl methyl sites for hydroxylation is 2. The quantitative estimate of drug-likeness (QED) is 0.892. The molecule has 2 N–H and O–H groups in total. The molecule has 0 spiro atoms. The Hall–Kier alpha value is -1.42. The number of aromatic amines is 1. The SMILES string of the molecule is CS[C@H]1CCC[C@@H](NC(=O)c2cc3c(C)c(C)ccc3[nH]2)C1. The highest BCUT2D eigenvalue weighted by Gasteiger charge is 2.23. The maximum Gasteiger partial charge on any atom is 0.267 e. The van der Waals surface area contributed by atoms with Gasteiger partial charge in [-0.1, -0.05) is 12.5 Å². The standard InChI is InChI=1S/C18H24N2OS/c1-11-7-8-16-15(12(11)2)10-17(20-16)18(21)19-13-5-4-6-14(9-13)22-3/h7-8,10,13-14,20H,4-6,9H2,1-3H3,(H,19,21)/t13-,14+/m1/s1. The number of carbonyl (C=O) groups excluding carboxylic acids is 1. The smallest absolute Gasteiger partial charge is 0.267 e. The summed E-state index contributed by atoms with van der Waals surface area (Å²) in [5.74, 6) is 0.0278. The van der Waals surface area contributed by atoms with Crippen molar-refractivity contribution < 1.29 is 4.79 Å². The molecule has 1 aliphatic carbocycles. The Morgan fingerprint density at radius 2 is 2.14 bits per heavy atom. The Balaban J connectivity index is 1.76. The fourth-order valence-corrected chi connectivity index (χ4v) is 4.16. The molecule has 0 unspecified atom stereocenters. The van der Waals surface area contributed by atoms with Crippen molar-refractivity contribution in [1.82, 2.24) is 10.3 Å². The molecule has 1 saturated carbocycles. The number of hydrogen-bond acceptors (Lipinski definition) is 2. The minimum atomic E-state index is 0.0278. The first-order valence-electron chi connectivity index (χ1n) is 8.01. The van der Waals surface area contributed by atoms with E-state index in [0.29, 0.717) is 17.0 Å². The molecule has 1 aromatic carbocycles. The van der Waals surface area contributed by atoms with Crippen molar-refractivity contribution in [3.63, 3.8) is 0 Å². The number of amides is 1. The first-order chi connectivity index (χ1) is 10.6. The van der Waals surface area contributed by atoms with Crippen LogP contribution in [0, 0.1) is 13.8 Å². The minimum Gasteiger partial charge on any atom is -0.351 e. The van der Waals surface area contributed by atoms with Crippen molar-refractivity contribution in [2.45, 2.75) is 50.8 Å². The molecule has 22 heavy (non-hydrogen) atoms. The molecule has 1 aromatic heterocycles. The number of hydrogen-bond donors (Lipinski definition) is 2. The van der Waals surface area contributed by atoms with E-state index < -0.39 is 0 Å². The lowest BCUT2D eigenvalue weighted by molar-refractivity contribution is 0.0924. The van der Waals surface area contributed by atoms with Gasteiger partial charge in [-0.25, -0.2) is 0 Å². The summed E-state index contributed by atoms with van der Waals surface area (Å²) >= 11 is 1.92. The van der Waals surface area contributed by atoms with Crippen LogP contribution in [0.3, 0.4) is 0 Å². The minimum absolute atomic E-state index is 0.0278. The van der Waals surface area contributed by atoms with Gasteiger partial charge < -0.3 is 10.3 Å². The number of H-pyrrole nitrogens is 1.